The summed E-state index contributed by atoms with van der Waals surface area (Å²) in [5, 5.41) is 9.40. The molecule has 1 saturated heterocycles. The molecule has 1 spiro atoms. The molecule has 0 amide bonds. The van der Waals surface area contributed by atoms with Gasteiger partial charge in [0.05, 0.1) is 38.3 Å². The van der Waals surface area contributed by atoms with E-state index < -0.39 is 49.6 Å². The van der Waals surface area contributed by atoms with Crippen molar-refractivity contribution in [3.8, 4) is 0 Å². The van der Waals surface area contributed by atoms with Crippen LogP contribution < -0.4 is 0 Å². The molecule has 1 saturated carbocycles. The van der Waals surface area contributed by atoms with Crippen molar-refractivity contribution >= 4 is 37.8 Å². The van der Waals surface area contributed by atoms with Crippen molar-refractivity contribution in [1.82, 2.24) is 0 Å². The maximum atomic E-state index is 13.5. The molecule has 1 aliphatic heterocycles. The maximum Gasteiger partial charge on any atom is 0.320 e. The quantitative estimate of drug-likeness (QED) is 0.121. The zero-order valence-electron chi connectivity index (χ0n) is 28.1. The van der Waals surface area contributed by atoms with Gasteiger partial charge in [-0.05, 0) is 42.8 Å². The van der Waals surface area contributed by atoms with Crippen LogP contribution in [0.2, 0.25) is 18.1 Å². The Labute approximate surface area is 265 Å². The van der Waals surface area contributed by atoms with E-state index >= 15 is 0 Å². The van der Waals surface area contributed by atoms with E-state index in [0.29, 0.717) is 31.3 Å². The number of alkyl halides is 1. The molecule has 6 atom stereocenters. The first-order valence-electron chi connectivity index (χ1n) is 15.8. The average Bonchev–Trinajstić information content (AvgIpc) is 2.85. The third-order valence-electron chi connectivity index (χ3n) is 9.53. The minimum atomic E-state index is -2.36. The smallest absolute Gasteiger partial charge is 0.320 e. The summed E-state index contributed by atoms with van der Waals surface area (Å²) in [5.41, 5.74) is -0.772. The fourth-order valence-corrected chi connectivity index (χ4v) is 7.40. The number of hydrogen-bond donors (Lipinski definition) is 1. The Bertz CT molecular complexity index is 948. The van der Waals surface area contributed by atoms with Gasteiger partial charge < -0.3 is 28.5 Å². The number of carboxylic acids is 1. The van der Waals surface area contributed by atoms with Gasteiger partial charge in [0.15, 0.2) is 14.1 Å². The maximum absolute atomic E-state index is 13.5. The molecule has 1 N–H and O–H groups in total. The number of carbonyl (C=O) groups is 3. The standard InChI is InChI=1S/C32H57ClO9Si/c1-21(2)25-12-11-22(3)18-32(25)39-14-13-23(41-32)15-26(31(7,8)20-38-29(37)19-33)40-28(36)17-24(16-27(34)35)42-43(9,10)30(4,5)6/h21-26H,11-20H2,1-10H3,(H,34,35)/t22-,23+,24+,25+,26+,32+/m1/s1. The highest BCUT2D eigenvalue weighted by Crippen LogP contribution is 2.47. The second-order valence-corrected chi connectivity index (χ2v) is 20.2. The summed E-state index contributed by atoms with van der Waals surface area (Å²) in [4.78, 5) is 37.1. The number of hydrogen-bond acceptors (Lipinski definition) is 8. The third kappa shape index (κ3) is 11.0. The van der Waals surface area contributed by atoms with Gasteiger partial charge in [0, 0.05) is 24.2 Å². The first-order chi connectivity index (χ1) is 19.7. The molecule has 250 valence electrons. The summed E-state index contributed by atoms with van der Waals surface area (Å²) < 4.78 is 31.1. The van der Waals surface area contributed by atoms with Gasteiger partial charge in [0.2, 0.25) is 0 Å². The van der Waals surface area contributed by atoms with Gasteiger partial charge in [-0.25, -0.2) is 0 Å². The van der Waals surface area contributed by atoms with Crippen LogP contribution in [-0.2, 0) is 37.8 Å². The van der Waals surface area contributed by atoms with Crippen LogP contribution in [0.5, 0.6) is 0 Å². The summed E-state index contributed by atoms with van der Waals surface area (Å²) in [5.74, 6) is -1.98. The predicted molar refractivity (Wildman–Crippen MR) is 168 cm³/mol. The first kappa shape index (κ1) is 38.0. The number of rotatable bonds is 14. The Kier molecular flexibility index (Phi) is 13.6. The number of aliphatic carboxylic acids is 1. The van der Waals surface area contributed by atoms with Crippen LogP contribution in [0.25, 0.3) is 0 Å². The van der Waals surface area contributed by atoms with E-state index in [2.05, 4.69) is 41.5 Å². The molecular formula is C32H57ClO9Si. The minimum absolute atomic E-state index is 0.00443. The summed E-state index contributed by atoms with van der Waals surface area (Å²) in [6.07, 6.45) is 1.77. The Balaban J connectivity index is 2.29. The molecule has 2 rings (SSSR count). The van der Waals surface area contributed by atoms with Crippen LogP contribution in [0, 0.1) is 23.2 Å². The van der Waals surface area contributed by atoms with E-state index in [0.717, 1.165) is 19.3 Å². The molecule has 0 bridgehead atoms. The van der Waals surface area contributed by atoms with Crippen LogP contribution in [-0.4, -0.2) is 74.5 Å². The third-order valence-corrected chi connectivity index (χ3v) is 14.3. The molecule has 11 heteroatoms. The number of halogens is 1. The Morgan fingerprint density at radius 2 is 1.70 bits per heavy atom. The van der Waals surface area contributed by atoms with Gasteiger partial charge in [-0.3, -0.25) is 14.4 Å². The van der Waals surface area contributed by atoms with Crippen molar-refractivity contribution in [3.63, 3.8) is 0 Å². The number of ether oxygens (including phenoxy) is 4. The van der Waals surface area contributed by atoms with E-state index in [-0.39, 0.29) is 42.4 Å². The van der Waals surface area contributed by atoms with Crippen molar-refractivity contribution < 1.29 is 42.9 Å². The predicted octanol–water partition coefficient (Wildman–Crippen LogP) is 6.95. The molecule has 0 aromatic carbocycles. The zero-order chi connectivity index (χ0) is 32.8. The lowest BCUT2D eigenvalue weighted by Gasteiger charge is -2.52. The molecule has 0 radical (unpaired) electrons. The molecule has 0 unspecified atom stereocenters. The van der Waals surface area contributed by atoms with Crippen LogP contribution >= 0.6 is 11.6 Å². The molecule has 0 aromatic rings. The van der Waals surface area contributed by atoms with Crippen molar-refractivity contribution in [2.24, 2.45) is 23.2 Å². The molecule has 1 aliphatic carbocycles. The average molecular weight is 649 g/mol. The summed E-state index contributed by atoms with van der Waals surface area (Å²) in [6.45, 7) is 21.2. The van der Waals surface area contributed by atoms with Gasteiger partial charge in [-0.15, -0.1) is 11.6 Å². The van der Waals surface area contributed by atoms with E-state index in [1.807, 2.05) is 26.9 Å². The highest BCUT2D eigenvalue weighted by Gasteiger charge is 2.51. The summed E-state index contributed by atoms with van der Waals surface area (Å²) in [6, 6.07) is 0. The Hall–Kier alpha value is -1.20. The highest BCUT2D eigenvalue weighted by molar-refractivity contribution is 6.74. The number of carbonyl (C=O) groups excluding carboxylic acids is 2. The lowest BCUT2D eigenvalue weighted by molar-refractivity contribution is -0.342. The Morgan fingerprint density at radius 3 is 2.26 bits per heavy atom. The fourth-order valence-electron chi connectivity index (χ4n) is 5.97. The van der Waals surface area contributed by atoms with Gasteiger partial charge in [-0.2, -0.15) is 0 Å². The lowest BCUT2D eigenvalue weighted by Crippen LogP contribution is -2.55. The molecule has 0 aromatic heterocycles. The van der Waals surface area contributed by atoms with Gasteiger partial charge in [0.1, 0.15) is 12.0 Å². The minimum Gasteiger partial charge on any atom is -0.481 e. The number of carboxylic acid groups (broad SMARTS) is 1. The van der Waals surface area contributed by atoms with Gasteiger partial charge in [-0.1, -0.05) is 61.8 Å². The number of esters is 2. The van der Waals surface area contributed by atoms with E-state index in [9.17, 15) is 19.5 Å². The van der Waals surface area contributed by atoms with E-state index in [1.165, 1.54) is 0 Å². The van der Waals surface area contributed by atoms with Crippen molar-refractivity contribution in [2.75, 3.05) is 19.1 Å². The van der Waals surface area contributed by atoms with Crippen molar-refractivity contribution in [3.05, 3.63) is 0 Å². The molecule has 43 heavy (non-hydrogen) atoms. The summed E-state index contributed by atoms with van der Waals surface area (Å²) >= 11 is 5.66. The van der Waals surface area contributed by atoms with Gasteiger partial charge in [0.25, 0.3) is 0 Å². The lowest BCUT2D eigenvalue weighted by atomic mass is 9.72. The molecule has 2 aliphatic rings. The van der Waals surface area contributed by atoms with Crippen molar-refractivity contribution in [1.29, 1.82) is 0 Å². The monoisotopic (exact) mass is 648 g/mol. The summed E-state index contributed by atoms with van der Waals surface area (Å²) in [7, 11) is -2.36. The molecule has 2 fully saturated rings. The largest absolute Gasteiger partial charge is 0.481 e. The molecule has 1 heterocycles. The normalized spacial score (nSPS) is 26.7. The van der Waals surface area contributed by atoms with Crippen LogP contribution in [0.3, 0.4) is 0 Å². The van der Waals surface area contributed by atoms with E-state index in [4.69, 9.17) is 35.0 Å². The van der Waals surface area contributed by atoms with Crippen molar-refractivity contribution in [2.45, 2.75) is 143 Å². The fraction of sp³-hybridized carbons (Fsp3) is 0.906. The van der Waals surface area contributed by atoms with Crippen LogP contribution in [0.15, 0.2) is 0 Å². The van der Waals surface area contributed by atoms with E-state index in [1.54, 1.807) is 0 Å². The second-order valence-electron chi connectivity index (χ2n) is 15.2. The van der Waals surface area contributed by atoms with Crippen LogP contribution in [0.1, 0.15) is 100 Å². The SMILES string of the molecule is CC(C)[C@@H]1CC[C@@H](C)C[C@@]12OCC[C@@H](C[C@H](OC(=O)C[C@H](CC(=O)O)O[Si](C)(C)C(C)(C)C)C(C)(C)COC(=O)CCl)O2. The highest BCUT2D eigenvalue weighted by atomic mass is 35.5. The second kappa shape index (κ2) is 15.4. The van der Waals surface area contributed by atoms with Crippen LogP contribution in [0.4, 0.5) is 0 Å². The molecule has 9 nitrogen and oxygen atoms in total. The Morgan fingerprint density at radius 1 is 1.05 bits per heavy atom. The molecular weight excluding hydrogens is 592 g/mol. The topological polar surface area (TPSA) is 118 Å². The first-order valence-corrected chi connectivity index (χ1v) is 19.3. The van der Waals surface area contributed by atoms with Gasteiger partial charge >= 0.3 is 17.9 Å². The zero-order valence-corrected chi connectivity index (χ0v) is 29.9.